The monoisotopic (exact) mass is 840 g/mol. The number of para-hydroxylation sites is 1. The lowest BCUT2D eigenvalue weighted by Crippen LogP contribution is -2.48. The molecular formula is C47H56N10O5. The van der Waals surface area contributed by atoms with Crippen LogP contribution in [0.15, 0.2) is 66.0 Å². The molecule has 3 amide bonds. The minimum Gasteiger partial charge on any atom is -0.386 e. The smallest absolute Gasteiger partial charge is 0.329 e. The Morgan fingerprint density at radius 3 is 2.56 bits per heavy atom. The summed E-state index contributed by atoms with van der Waals surface area (Å²) in [6.07, 6.45) is 19.1. The molecule has 3 N–H and O–H groups in total. The van der Waals surface area contributed by atoms with Crippen LogP contribution in [0.4, 0.5) is 5.69 Å². The van der Waals surface area contributed by atoms with Gasteiger partial charge in [0.1, 0.15) is 11.6 Å². The predicted molar refractivity (Wildman–Crippen MR) is 235 cm³/mol. The largest absolute Gasteiger partial charge is 0.386 e. The second-order valence-corrected chi connectivity index (χ2v) is 19.3. The lowest BCUT2D eigenvalue weighted by molar-refractivity contribution is -0.135. The number of aliphatic hydroxyl groups is 1. The number of hydrogen-bond donors (Lipinski definition) is 3. The molecule has 15 nitrogen and oxygen atoms in total. The molecule has 2 aliphatic heterocycles. The minimum atomic E-state index is -1.21. The van der Waals surface area contributed by atoms with Crippen molar-refractivity contribution in [2.75, 3.05) is 25.0 Å². The molecule has 2 saturated carbocycles. The van der Waals surface area contributed by atoms with E-state index >= 15 is 0 Å². The van der Waals surface area contributed by atoms with Crippen molar-refractivity contribution in [3.8, 4) is 0 Å². The molecule has 1 spiro atoms. The molecule has 0 bridgehead atoms. The molecule has 2 aromatic carbocycles. The molecule has 324 valence electrons. The fraction of sp³-hybridized carbons (Fsp3) is 0.511. The average molecular weight is 841 g/mol. The number of nitrogens with zero attached hydrogens (tertiary/aromatic N) is 8. The Balaban J connectivity index is 0.710. The lowest BCUT2D eigenvalue weighted by atomic mass is 9.56. The Morgan fingerprint density at radius 1 is 1.02 bits per heavy atom. The molecule has 4 aromatic heterocycles. The topological polar surface area (TPSA) is 174 Å². The Hall–Kier alpha value is -5.67. The van der Waals surface area contributed by atoms with Gasteiger partial charge >= 0.3 is 5.69 Å². The van der Waals surface area contributed by atoms with Gasteiger partial charge in [-0.2, -0.15) is 10.2 Å². The summed E-state index contributed by atoms with van der Waals surface area (Å²) < 4.78 is 6.93. The van der Waals surface area contributed by atoms with Gasteiger partial charge in [0.05, 0.1) is 34.4 Å². The summed E-state index contributed by atoms with van der Waals surface area (Å²) in [5, 5.41) is 26.7. The van der Waals surface area contributed by atoms with Gasteiger partial charge in [0.15, 0.2) is 5.65 Å². The number of carbonyl (C=O) groups is 3. The molecule has 6 heterocycles. The summed E-state index contributed by atoms with van der Waals surface area (Å²) in [6.45, 7) is 6.93. The van der Waals surface area contributed by atoms with E-state index in [1.54, 1.807) is 53.0 Å². The summed E-state index contributed by atoms with van der Waals surface area (Å²) in [6, 6.07) is 11.2. The van der Waals surface area contributed by atoms with E-state index in [1.165, 1.54) is 57.8 Å². The van der Waals surface area contributed by atoms with Crippen LogP contribution in [0.1, 0.15) is 118 Å². The van der Waals surface area contributed by atoms with Crippen molar-refractivity contribution in [2.24, 2.45) is 24.3 Å². The van der Waals surface area contributed by atoms with Gasteiger partial charge in [0.2, 0.25) is 11.8 Å². The summed E-state index contributed by atoms with van der Waals surface area (Å²) >= 11 is 0. The fourth-order valence-corrected chi connectivity index (χ4v) is 11.3. The maximum absolute atomic E-state index is 13.4. The van der Waals surface area contributed by atoms with Gasteiger partial charge in [0.25, 0.3) is 5.91 Å². The molecule has 62 heavy (non-hydrogen) atoms. The molecule has 2 saturated heterocycles. The highest BCUT2D eigenvalue weighted by molar-refractivity contribution is 6.09. The van der Waals surface area contributed by atoms with Gasteiger partial charge in [0, 0.05) is 55.2 Å². The second-order valence-electron chi connectivity index (χ2n) is 19.3. The maximum Gasteiger partial charge on any atom is 0.329 e. The number of anilines is 1. The van der Waals surface area contributed by atoms with E-state index in [0.29, 0.717) is 52.2 Å². The van der Waals surface area contributed by atoms with Crippen LogP contribution in [0.2, 0.25) is 0 Å². The predicted octanol–water partition coefficient (Wildman–Crippen LogP) is 6.05. The van der Waals surface area contributed by atoms with Crippen LogP contribution < -0.4 is 16.3 Å². The number of carbonyl (C=O) groups excluding carboxylic acids is 3. The van der Waals surface area contributed by atoms with Crippen LogP contribution in [0.3, 0.4) is 0 Å². The van der Waals surface area contributed by atoms with E-state index in [2.05, 4.69) is 42.6 Å². The molecule has 6 aromatic rings. The molecule has 2 aliphatic carbocycles. The minimum absolute atomic E-state index is 0.211. The summed E-state index contributed by atoms with van der Waals surface area (Å²) in [4.78, 5) is 58.3. The first-order valence-corrected chi connectivity index (χ1v) is 22.4. The SMILES string of the molecule is Cn1c(=O)n(C2CCC(=O)NC2=O)c2cccc(CCC3CC4(CCN(CC5CCC(n6cc7cc(NC(=O)c8cnn9cccnc89)c(C(C)(C)O)cc7n6)CC5)CC4)C3)c21. The Morgan fingerprint density at radius 2 is 1.81 bits per heavy atom. The Bertz CT molecular complexity index is 2770. The van der Waals surface area contributed by atoms with Gasteiger partial charge < -0.3 is 15.3 Å². The van der Waals surface area contributed by atoms with Crippen LogP contribution >= 0.6 is 0 Å². The van der Waals surface area contributed by atoms with Crippen molar-refractivity contribution >= 4 is 51.0 Å². The molecule has 1 atom stereocenters. The van der Waals surface area contributed by atoms with Gasteiger partial charge in [-0.15, -0.1) is 0 Å². The Kier molecular flexibility index (Phi) is 10.2. The Labute approximate surface area is 359 Å². The highest BCUT2D eigenvalue weighted by Gasteiger charge is 2.45. The highest BCUT2D eigenvalue weighted by atomic mass is 16.3. The molecule has 4 aliphatic rings. The third-order valence-corrected chi connectivity index (χ3v) is 14.7. The number of hydrogen-bond acceptors (Lipinski definition) is 9. The molecule has 15 heteroatoms. The number of fused-ring (bicyclic) bond motifs is 3. The normalized spacial score (nSPS) is 22.4. The van der Waals surface area contributed by atoms with Crippen LogP contribution in [0, 0.1) is 17.3 Å². The van der Waals surface area contributed by atoms with Gasteiger partial charge in [-0.3, -0.25) is 33.5 Å². The molecule has 1 unspecified atom stereocenters. The number of amides is 3. The first-order valence-electron chi connectivity index (χ1n) is 22.4. The van der Waals surface area contributed by atoms with E-state index in [-0.39, 0.29) is 23.9 Å². The highest BCUT2D eigenvalue weighted by Crippen LogP contribution is 2.54. The van der Waals surface area contributed by atoms with Crippen molar-refractivity contribution < 1.29 is 19.5 Å². The summed E-state index contributed by atoms with van der Waals surface area (Å²) in [5.41, 5.74) is 4.62. The maximum atomic E-state index is 13.4. The lowest BCUT2D eigenvalue weighted by Gasteiger charge is -2.53. The number of rotatable bonds is 10. The molecule has 0 radical (unpaired) electrons. The number of likely N-dealkylation sites (tertiary alicyclic amines) is 1. The number of benzene rings is 2. The van der Waals surface area contributed by atoms with Crippen molar-refractivity contribution in [2.45, 2.75) is 109 Å². The first kappa shape index (κ1) is 40.4. The van der Waals surface area contributed by atoms with E-state index in [0.717, 1.165) is 59.7 Å². The zero-order valence-corrected chi connectivity index (χ0v) is 35.8. The van der Waals surface area contributed by atoms with E-state index in [4.69, 9.17) is 5.10 Å². The van der Waals surface area contributed by atoms with Crippen LogP contribution in [-0.4, -0.2) is 80.9 Å². The van der Waals surface area contributed by atoms with Crippen LogP contribution in [0.5, 0.6) is 0 Å². The van der Waals surface area contributed by atoms with Crippen LogP contribution in [-0.2, 0) is 28.7 Å². The summed E-state index contributed by atoms with van der Waals surface area (Å²) in [7, 11) is 1.79. The first-order chi connectivity index (χ1) is 29.8. The van der Waals surface area contributed by atoms with E-state index in [1.807, 2.05) is 24.3 Å². The van der Waals surface area contributed by atoms with Crippen LogP contribution in [0.25, 0.3) is 27.6 Å². The van der Waals surface area contributed by atoms with Crippen molar-refractivity contribution in [1.82, 2.24) is 43.7 Å². The number of imidazole rings is 1. The summed E-state index contributed by atoms with van der Waals surface area (Å²) in [5.74, 6) is 0.348. The quantitative estimate of drug-likeness (QED) is 0.139. The number of nitrogens with one attached hydrogen (secondary N) is 2. The zero-order valence-electron chi connectivity index (χ0n) is 35.8. The van der Waals surface area contributed by atoms with Gasteiger partial charge in [-0.25, -0.2) is 14.3 Å². The fourth-order valence-electron chi connectivity index (χ4n) is 11.3. The van der Waals surface area contributed by atoms with Gasteiger partial charge in [-0.1, -0.05) is 12.1 Å². The average Bonchev–Trinajstić information content (AvgIpc) is 3.94. The molecule has 10 rings (SSSR count). The number of aromatic nitrogens is 7. The third-order valence-electron chi connectivity index (χ3n) is 14.7. The molecule has 4 fully saturated rings. The number of aryl methyl sites for hydroxylation is 2. The zero-order chi connectivity index (χ0) is 42.9. The van der Waals surface area contributed by atoms with E-state index < -0.39 is 17.6 Å². The van der Waals surface area contributed by atoms with Crippen molar-refractivity contribution in [1.29, 1.82) is 0 Å². The number of piperidine rings is 2. The van der Waals surface area contributed by atoms with Crippen molar-refractivity contribution in [3.05, 3.63) is 88.4 Å². The van der Waals surface area contributed by atoms with Gasteiger partial charge in [-0.05, 0) is 145 Å². The number of imide groups is 1. The van der Waals surface area contributed by atoms with Crippen molar-refractivity contribution in [3.63, 3.8) is 0 Å². The standard InChI is InChI=1S/C47H56N10O5/c1-46(2,62)35-23-36-32(22-37(35)50-43(59)34-26-49-55-19-5-18-48-42(34)55)28-56(52-36)33-12-9-29(10-13-33)27-54-20-16-47(17-21-54)24-30(25-47)8-11-31-6-4-7-38-41(31)53(3)45(61)57(38)39-14-15-40(58)51-44(39)60/h4-7,18-19,22-23,26,28-30,33,39,62H,8-17,20-21,24-25,27H2,1-3H3,(H,50,59)(H,51,58,60). The second kappa shape index (κ2) is 15.6. The molecular weight excluding hydrogens is 785 g/mol. The van der Waals surface area contributed by atoms with E-state index in [9.17, 15) is 24.3 Å². The third kappa shape index (κ3) is 7.42.